The lowest BCUT2D eigenvalue weighted by atomic mass is 9.99. The van der Waals surface area contributed by atoms with Crippen LogP contribution in [0.25, 0.3) is 0 Å². The van der Waals surface area contributed by atoms with E-state index < -0.39 is 17.8 Å². The fourth-order valence-corrected chi connectivity index (χ4v) is 2.80. The van der Waals surface area contributed by atoms with Crippen molar-refractivity contribution < 1.29 is 19.4 Å². The van der Waals surface area contributed by atoms with E-state index in [1.54, 1.807) is 24.3 Å². The summed E-state index contributed by atoms with van der Waals surface area (Å²) in [6.07, 6.45) is 0.283. The fraction of sp³-hybridized carbons (Fsp3) is 0.263. The Morgan fingerprint density at radius 1 is 1.15 bits per heavy atom. The van der Waals surface area contributed by atoms with Gasteiger partial charge in [-0.15, -0.1) is 0 Å². The molecule has 0 aliphatic heterocycles. The summed E-state index contributed by atoms with van der Waals surface area (Å²) in [5.41, 5.74) is 1.06. The minimum atomic E-state index is -0.989. The molecule has 0 heterocycles. The van der Waals surface area contributed by atoms with Crippen molar-refractivity contribution in [1.82, 2.24) is 5.32 Å². The highest BCUT2D eigenvalue weighted by atomic mass is 35.5. The average molecular weight is 396 g/mol. The largest absolute Gasteiger partial charge is 0.494 e. The molecule has 0 spiro atoms. The summed E-state index contributed by atoms with van der Waals surface area (Å²) < 4.78 is 5.37. The topological polar surface area (TPSA) is 75.6 Å². The first kappa shape index (κ1) is 20.1. The Labute approximate surface area is 161 Å². The van der Waals surface area contributed by atoms with Crippen LogP contribution in [-0.4, -0.2) is 30.1 Å². The second-order valence-electron chi connectivity index (χ2n) is 5.63. The van der Waals surface area contributed by atoms with Crippen molar-refractivity contribution >= 4 is 35.1 Å². The third-order valence-corrected chi connectivity index (χ3v) is 4.59. The molecule has 0 saturated heterocycles. The molecule has 138 valence electrons. The predicted molar refractivity (Wildman–Crippen MR) is 101 cm³/mol. The molecule has 0 saturated carbocycles. The number of carboxylic acids is 1. The molecule has 7 heteroatoms. The van der Waals surface area contributed by atoms with Crippen molar-refractivity contribution in [1.29, 1.82) is 0 Å². The van der Waals surface area contributed by atoms with Crippen LogP contribution < -0.4 is 10.1 Å². The van der Waals surface area contributed by atoms with Crippen molar-refractivity contribution in [2.24, 2.45) is 5.92 Å². The SMILES string of the molecule is CCOc1ccc(CC(CNC(=O)c2cccc(Cl)c2Cl)C(=O)O)cc1. The third kappa shape index (κ3) is 5.38. The molecule has 2 aromatic carbocycles. The van der Waals surface area contributed by atoms with Gasteiger partial charge < -0.3 is 15.2 Å². The van der Waals surface area contributed by atoms with E-state index in [0.29, 0.717) is 6.61 Å². The molecule has 0 bridgehead atoms. The third-order valence-electron chi connectivity index (χ3n) is 3.77. The van der Waals surface area contributed by atoms with Gasteiger partial charge >= 0.3 is 5.97 Å². The minimum Gasteiger partial charge on any atom is -0.494 e. The molecule has 5 nitrogen and oxygen atoms in total. The summed E-state index contributed by atoms with van der Waals surface area (Å²) in [7, 11) is 0. The van der Waals surface area contributed by atoms with Gasteiger partial charge in [0.2, 0.25) is 0 Å². The van der Waals surface area contributed by atoms with Crippen molar-refractivity contribution in [3.05, 3.63) is 63.6 Å². The number of nitrogens with one attached hydrogen (secondary N) is 1. The summed E-state index contributed by atoms with van der Waals surface area (Å²) in [4.78, 5) is 23.8. The van der Waals surface area contributed by atoms with Crippen LogP contribution >= 0.6 is 23.2 Å². The van der Waals surface area contributed by atoms with Crippen LogP contribution in [0.4, 0.5) is 0 Å². The number of aliphatic carboxylic acids is 1. The molecule has 26 heavy (non-hydrogen) atoms. The molecule has 0 aliphatic carbocycles. The average Bonchev–Trinajstić information content (AvgIpc) is 2.62. The fourth-order valence-electron chi connectivity index (χ4n) is 2.41. The molecule has 0 aromatic heterocycles. The minimum absolute atomic E-state index is 0.0236. The monoisotopic (exact) mass is 395 g/mol. The van der Waals surface area contributed by atoms with Crippen molar-refractivity contribution in [3.8, 4) is 5.75 Å². The van der Waals surface area contributed by atoms with Crippen LogP contribution in [0.3, 0.4) is 0 Å². The van der Waals surface area contributed by atoms with Crippen molar-refractivity contribution in [2.45, 2.75) is 13.3 Å². The Balaban J connectivity index is 2.00. The molecular formula is C19H19Cl2NO4. The molecule has 0 radical (unpaired) electrons. The maximum absolute atomic E-state index is 12.3. The summed E-state index contributed by atoms with van der Waals surface area (Å²) in [5, 5.41) is 12.5. The molecule has 2 aromatic rings. The Hall–Kier alpha value is -2.24. The maximum Gasteiger partial charge on any atom is 0.308 e. The zero-order chi connectivity index (χ0) is 19.1. The van der Waals surface area contributed by atoms with E-state index in [1.807, 2.05) is 19.1 Å². The number of carbonyl (C=O) groups is 2. The number of ether oxygens (including phenoxy) is 1. The van der Waals surface area contributed by atoms with Gasteiger partial charge in [0.25, 0.3) is 5.91 Å². The number of hydrogen-bond donors (Lipinski definition) is 2. The lowest BCUT2D eigenvalue weighted by Crippen LogP contribution is -2.34. The highest BCUT2D eigenvalue weighted by Gasteiger charge is 2.20. The molecule has 0 fully saturated rings. The van der Waals surface area contributed by atoms with Crippen LogP contribution in [0.1, 0.15) is 22.8 Å². The lowest BCUT2D eigenvalue weighted by molar-refractivity contribution is -0.141. The van der Waals surface area contributed by atoms with Crippen LogP contribution in [0.2, 0.25) is 10.0 Å². The quantitative estimate of drug-likeness (QED) is 0.706. The van der Waals surface area contributed by atoms with E-state index in [4.69, 9.17) is 27.9 Å². The van der Waals surface area contributed by atoms with Crippen molar-refractivity contribution in [2.75, 3.05) is 13.2 Å². The molecular weight excluding hydrogens is 377 g/mol. The molecule has 2 N–H and O–H groups in total. The zero-order valence-electron chi connectivity index (χ0n) is 14.2. The number of carbonyl (C=O) groups excluding carboxylic acids is 1. The van der Waals surface area contributed by atoms with E-state index in [1.165, 1.54) is 6.07 Å². The van der Waals surface area contributed by atoms with Gasteiger partial charge in [0.05, 0.1) is 28.1 Å². The maximum atomic E-state index is 12.3. The zero-order valence-corrected chi connectivity index (χ0v) is 15.7. The number of carboxylic acid groups (broad SMARTS) is 1. The Morgan fingerprint density at radius 3 is 2.46 bits per heavy atom. The normalized spacial score (nSPS) is 11.7. The smallest absolute Gasteiger partial charge is 0.308 e. The van der Waals surface area contributed by atoms with Crippen LogP contribution in [-0.2, 0) is 11.2 Å². The summed E-state index contributed by atoms with van der Waals surface area (Å²) >= 11 is 11.9. The Morgan fingerprint density at radius 2 is 1.85 bits per heavy atom. The van der Waals surface area contributed by atoms with Gasteiger partial charge in [-0.3, -0.25) is 9.59 Å². The van der Waals surface area contributed by atoms with Gasteiger partial charge in [-0.25, -0.2) is 0 Å². The molecule has 1 unspecified atom stereocenters. The van der Waals surface area contributed by atoms with Gasteiger partial charge in [-0.2, -0.15) is 0 Å². The van der Waals surface area contributed by atoms with Gasteiger partial charge in [0.15, 0.2) is 0 Å². The lowest BCUT2D eigenvalue weighted by Gasteiger charge is -2.14. The van der Waals surface area contributed by atoms with Gasteiger partial charge in [0.1, 0.15) is 5.75 Å². The van der Waals surface area contributed by atoms with Gasteiger partial charge in [0, 0.05) is 6.54 Å². The predicted octanol–water partition coefficient (Wildman–Crippen LogP) is 4.07. The molecule has 1 amide bonds. The van der Waals surface area contributed by atoms with E-state index >= 15 is 0 Å². The van der Waals surface area contributed by atoms with E-state index in [2.05, 4.69) is 5.32 Å². The van der Waals surface area contributed by atoms with Crippen molar-refractivity contribution in [3.63, 3.8) is 0 Å². The van der Waals surface area contributed by atoms with Crippen LogP contribution in [0, 0.1) is 5.92 Å². The highest BCUT2D eigenvalue weighted by Crippen LogP contribution is 2.25. The highest BCUT2D eigenvalue weighted by molar-refractivity contribution is 6.43. The first-order valence-electron chi connectivity index (χ1n) is 8.09. The van der Waals surface area contributed by atoms with Gasteiger partial charge in [-0.1, -0.05) is 41.4 Å². The Bertz CT molecular complexity index is 778. The summed E-state index contributed by atoms with van der Waals surface area (Å²) in [5.74, 6) is -1.49. The number of hydrogen-bond acceptors (Lipinski definition) is 3. The second kappa shape index (κ2) is 9.46. The summed E-state index contributed by atoms with van der Waals surface area (Å²) in [6, 6.07) is 11.9. The molecule has 1 atom stereocenters. The molecule has 2 rings (SSSR count). The van der Waals surface area contributed by atoms with Crippen LogP contribution in [0.15, 0.2) is 42.5 Å². The number of halogens is 2. The van der Waals surface area contributed by atoms with E-state index in [0.717, 1.165) is 11.3 Å². The standard InChI is InChI=1S/C19H19Cl2NO4/c1-2-26-14-8-6-12(7-9-14)10-13(19(24)25)11-22-18(23)15-4-3-5-16(20)17(15)21/h3-9,13H,2,10-11H2,1H3,(H,22,23)(H,24,25). The first-order valence-corrected chi connectivity index (χ1v) is 8.84. The van der Waals surface area contributed by atoms with E-state index in [9.17, 15) is 14.7 Å². The van der Waals surface area contributed by atoms with E-state index in [-0.39, 0.29) is 28.6 Å². The van der Waals surface area contributed by atoms with Crippen LogP contribution in [0.5, 0.6) is 5.75 Å². The number of amides is 1. The number of benzene rings is 2. The summed E-state index contributed by atoms with van der Waals surface area (Å²) in [6.45, 7) is 2.43. The first-order chi connectivity index (χ1) is 12.4. The second-order valence-corrected chi connectivity index (χ2v) is 6.41. The number of rotatable bonds is 8. The molecule has 0 aliphatic rings. The Kier molecular flexibility index (Phi) is 7.30. The van der Waals surface area contributed by atoms with Gasteiger partial charge in [-0.05, 0) is 43.2 Å².